The molecule has 1 aliphatic heterocycles. The molecule has 12 heteroatoms. The van der Waals surface area contributed by atoms with E-state index in [4.69, 9.17) is 4.74 Å². The molecule has 4 heterocycles. The van der Waals surface area contributed by atoms with Crippen molar-refractivity contribution in [2.45, 2.75) is 53.3 Å². The molecule has 1 aromatic carbocycles. The van der Waals surface area contributed by atoms with Crippen molar-refractivity contribution in [1.82, 2.24) is 24.5 Å². The van der Waals surface area contributed by atoms with Gasteiger partial charge in [-0.15, -0.1) is 11.3 Å². The highest BCUT2D eigenvalue weighted by Crippen LogP contribution is 2.37. The van der Waals surface area contributed by atoms with E-state index < -0.39 is 16.5 Å². The second-order valence-electron chi connectivity index (χ2n) is 10.00. The molecule has 39 heavy (non-hydrogen) atoms. The number of hydrogen-bond donors (Lipinski definition) is 0. The van der Waals surface area contributed by atoms with Gasteiger partial charge in [0.15, 0.2) is 0 Å². The van der Waals surface area contributed by atoms with E-state index in [-0.39, 0.29) is 18.2 Å². The third-order valence-electron chi connectivity index (χ3n) is 7.20. The van der Waals surface area contributed by atoms with E-state index in [9.17, 15) is 18.0 Å². The lowest BCUT2D eigenvalue weighted by molar-refractivity contribution is -0.155. The number of esters is 1. The van der Waals surface area contributed by atoms with Crippen LogP contribution in [0, 0.1) is 19.3 Å². The van der Waals surface area contributed by atoms with Crippen molar-refractivity contribution < 1.29 is 22.7 Å². The monoisotopic (exact) mass is 558 g/mol. The van der Waals surface area contributed by atoms with Crippen molar-refractivity contribution in [3.8, 4) is 11.1 Å². The Morgan fingerprint density at radius 3 is 2.44 bits per heavy atom. The number of aromatic nitrogens is 5. The fourth-order valence-corrected chi connectivity index (χ4v) is 5.71. The number of thiazole rings is 1. The Kier molecular flexibility index (Phi) is 7.08. The highest BCUT2D eigenvalue weighted by Gasteiger charge is 2.39. The predicted octanol–water partition coefficient (Wildman–Crippen LogP) is 5.80. The normalized spacial score (nSPS) is 15.6. The van der Waals surface area contributed by atoms with Gasteiger partial charge in [0.1, 0.15) is 10.7 Å². The number of fused-ring (bicyclic) bond motifs is 1. The lowest BCUT2D eigenvalue weighted by atomic mass is 9.80. The zero-order valence-electron chi connectivity index (χ0n) is 22.2. The van der Waals surface area contributed by atoms with E-state index in [0.29, 0.717) is 71.7 Å². The van der Waals surface area contributed by atoms with Gasteiger partial charge in [-0.25, -0.2) is 19.9 Å². The van der Waals surface area contributed by atoms with E-state index in [2.05, 4.69) is 24.8 Å². The first-order chi connectivity index (χ1) is 18.5. The van der Waals surface area contributed by atoms with Crippen LogP contribution >= 0.6 is 11.3 Å². The van der Waals surface area contributed by atoms with Crippen molar-refractivity contribution in [3.05, 3.63) is 52.0 Å². The van der Waals surface area contributed by atoms with Crippen molar-refractivity contribution >= 4 is 34.3 Å². The Labute approximate surface area is 227 Å². The van der Waals surface area contributed by atoms with Crippen LogP contribution in [0.5, 0.6) is 0 Å². The van der Waals surface area contributed by atoms with Gasteiger partial charge >= 0.3 is 12.1 Å². The summed E-state index contributed by atoms with van der Waals surface area (Å²) in [6, 6.07) is 5.64. The van der Waals surface area contributed by atoms with E-state index in [1.54, 1.807) is 30.8 Å². The van der Waals surface area contributed by atoms with Crippen LogP contribution in [0.4, 0.5) is 19.1 Å². The molecule has 206 valence electrons. The number of aryl methyl sites for hydroxylation is 2. The molecule has 3 aromatic heterocycles. The van der Waals surface area contributed by atoms with Gasteiger partial charge in [0.05, 0.1) is 40.3 Å². The Morgan fingerprint density at radius 2 is 1.79 bits per heavy atom. The summed E-state index contributed by atoms with van der Waals surface area (Å²) < 4.78 is 47.7. The number of anilines is 1. The number of ether oxygens (including phenoxy) is 1. The van der Waals surface area contributed by atoms with Crippen LogP contribution in [0.3, 0.4) is 0 Å². The SMILES string of the molecule is CCOC(=O)C1(C)CCN(c2ncc(-c3ccc4nc(C)n(Cc5nc(C)sc5C(F)(F)F)c4c3)cn2)CC1. The third-order valence-corrected chi connectivity index (χ3v) is 8.26. The van der Waals surface area contributed by atoms with Gasteiger partial charge in [-0.05, 0) is 58.2 Å². The van der Waals surface area contributed by atoms with Crippen molar-refractivity contribution in [1.29, 1.82) is 0 Å². The molecule has 1 aliphatic rings. The average Bonchev–Trinajstić information content (AvgIpc) is 3.43. The zero-order valence-corrected chi connectivity index (χ0v) is 23.0. The lowest BCUT2D eigenvalue weighted by Gasteiger charge is -2.37. The van der Waals surface area contributed by atoms with Crippen molar-refractivity contribution in [2.24, 2.45) is 5.41 Å². The minimum atomic E-state index is -4.46. The highest BCUT2D eigenvalue weighted by molar-refractivity contribution is 7.11. The van der Waals surface area contributed by atoms with E-state index >= 15 is 0 Å². The topological polar surface area (TPSA) is 86.0 Å². The second kappa shape index (κ2) is 10.2. The summed E-state index contributed by atoms with van der Waals surface area (Å²) in [6.45, 7) is 8.74. The molecule has 1 fully saturated rings. The quantitative estimate of drug-likeness (QED) is 0.276. The fourth-order valence-electron chi connectivity index (χ4n) is 4.91. The van der Waals surface area contributed by atoms with Crippen LogP contribution in [-0.2, 0) is 22.3 Å². The standard InChI is InChI=1S/C27H29F3N6O2S/c1-5-38-24(37)26(4)8-10-35(11-9-26)25-31-13-19(14-32-25)18-6-7-20-22(12-18)36(16(2)33-20)15-21-23(27(28,29)30)39-17(3)34-21/h6-7,12-14H,5,8-11,15H2,1-4H3. The van der Waals surface area contributed by atoms with Gasteiger partial charge < -0.3 is 14.2 Å². The summed E-state index contributed by atoms with van der Waals surface area (Å²) in [7, 11) is 0. The molecule has 0 amide bonds. The molecule has 0 unspecified atom stereocenters. The van der Waals surface area contributed by atoms with Gasteiger partial charge in [-0.1, -0.05) is 6.07 Å². The number of piperidine rings is 1. The number of halogens is 3. The first-order valence-electron chi connectivity index (χ1n) is 12.7. The maximum atomic E-state index is 13.6. The average molecular weight is 559 g/mol. The number of imidazole rings is 1. The Hall–Kier alpha value is -3.54. The maximum absolute atomic E-state index is 13.6. The summed E-state index contributed by atoms with van der Waals surface area (Å²) >= 11 is 0.657. The number of benzene rings is 1. The largest absolute Gasteiger partial charge is 0.466 e. The van der Waals surface area contributed by atoms with Crippen molar-refractivity contribution in [2.75, 3.05) is 24.6 Å². The molecular formula is C27H29F3N6O2S. The molecule has 0 spiro atoms. The fraction of sp³-hybridized carbons (Fsp3) is 0.444. The summed E-state index contributed by atoms with van der Waals surface area (Å²) in [4.78, 5) is 31.5. The lowest BCUT2D eigenvalue weighted by Crippen LogP contribution is -2.44. The predicted molar refractivity (Wildman–Crippen MR) is 143 cm³/mol. The number of carbonyl (C=O) groups excluding carboxylic acids is 1. The van der Waals surface area contributed by atoms with Crippen LogP contribution in [0.25, 0.3) is 22.2 Å². The molecule has 0 radical (unpaired) electrons. The molecule has 8 nitrogen and oxygen atoms in total. The summed E-state index contributed by atoms with van der Waals surface area (Å²) in [5.41, 5.74) is 2.50. The Balaban J connectivity index is 1.37. The van der Waals surface area contributed by atoms with Crippen LogP contribution in [0.1, 0.15) is 48.1 Å². The minimum Gasteiger partial charge on any atom is -0.466 e. The number of hydrogen-bond acceptors (Lipinski definition) is 8. The van der Waals surface area contributed by atoms with Gasteiger partial charge in [0, 0.05) is 31.0 Å². The van der Waals surface area contributed by atoms with Crippen molar-refractivity contribution in [3.63, 3.8) is 0 Å². The molecule has 0 N–H and O–H groups in total. The second-order valence-corrected chi connectivity index (χ2v) is 11.2. The smallest absolute Gasteiger partial charge is 0.427 e. The summed E-state index contributed by atoms with van der Waals surface area (Å²) in [6.07, 6.45) is 0.335. The molecule has 0 atom stereocenters. The Bertz CT molecular complexity index is 1500. The summed E-state index contributed by atoms with van der Waals surface area (Å²) in [5.74, 6) is 1.03. The number of rotatable bonds is 6. The number of alkyl halides is 3. The van der Waals surface area contributed by atoms with Crippen LogP contribution < -0.4 is 4.90 Å². The highest BCUT2D eigenvalue weighted by atomic mass is 32.1. The number of nitrogens with zero attached hydrogens (tertiary/aromatic N) is 6. The third kappa shape index (κ3) is 5.34. The molecule has 0 saturated carbocycles. The van der Waals surface area contributed by atoms with Crippen LogP contribution in [-0.4, -0.2) is 50.2 Å². The first kappa shape index (κ1) is 27.0. The van der Waals surface area contributed by atoms with Crippen LogP contribution in [0.15, 0.2) is 30.6 Å². The molecular weight excluding hydrogens is 529 g/mol. The van der Waals surface area contributed by atoms with Crippen LogP contribution in [0.2, 0.25) is 0 Å². The van der Waals surface area contributed by atoms with E-state index in [1.807, 2.05) is 32.0 Å². The first-order valence-corrected chi connectivity index (χ1v) is 13.5. The number of carbonyl (C=O) groups is 1. The van der Waals surface area contributed by atoms with E-state index in [1.165, 1.54) is 0 Å². The minimum absolute atomic E-state index is 0.00826. The van der Waals surface area contributed by atoms with E-state index in [0.717, 1.165) is 11.1 Å². The molecule has 0 bridgehead atoms. The van der Waals surface area contributed by atoms with Gasteiger partial charge in [-0.3, -0.25) is 4.79 Å². The van der Waals surface area contributed by atoms with Gasteiger partial charge in [0.25, 0.3) is 0 Å². The summed E-state index contributed by atoms with van der Waals surface area (Å²) in [5, 5.41) is 0.372. The molecule has 4 aromatic rings. The van der Waals surface area contributed by atoms with Gasteiger partial charge in [-0.2, -0.15) is 13.2 Å². The molecule has 0 aliphatic carbocycles. The molecule has 5 rings (SSSR count). The maximum Gasteiger partial charge on any atom is 0.427 e. The van der Waals surface area contributed by atoms with Gasteiger partial charge in [0.2, 0.25) is 5.95 Å². The molecule has 1 saturated heterocycles. The zero-order chi connectivity index (χ0) is 27.9. The Morgan fingerprint density at radius 1 is 1.10 bits per heavy atom.